The molecule has 0 unspecified atom stereocenters. The Bertz CT molecular complexity index is 867. The summed E-state index contributed by atoms with van der Waals surface area (Å²) < 4.78 is 15.9. The molecule has 1 atom stereocenters. The van der Waals surface area contributed by atoms with Gasteiger partial charge in [-0.15, -0.1) is 0 Å². The number of benzene rings is 2. The van der Waals surface area contributed by atoms with Gasteiger partial charge in [-0.25, -0.2) is 0 Å². The quantitative estimate of drug-likeness (QED) is 0.674. The summed E-state index contributed by atoms with van der Waals surface area (Å²) in [6.07, 6.45) is 0. The van der Waals surface area contributed by atoms with Gasteiger partial charge in [-0.2, -0.15) is 0 Å². The first-order valence-corrected chi connectivity index (χ1v) is 9.79. The van der Waals surface area contributed by atoms with Crippen LogP contribution < -0.4 is 20.1 Å². The van der Waals surface area contributed by atoms with E-state index < -0.39 is 11.8 Å². The third-order valence-electron chi connectivity index (χ3n) is 4.95. The van der Waals surface area contributed by atoms with Gasteiger partial charge in [0.05, 0.1) is 33.5 Å². The topological polar surface area (TPSA) is 89.1 Å². The minimum Gasteiger partial charge on any atom is -0.497 e. The van der Waals surface area contributed by atoms with Crippen LogP contribution in [-0.4, -0.2) is 63.8 Å². The summed E-state index contributed by atoms with van der Waals surface area (Å²) in [5.74, 6) is -0.0833. The summed E-state index contributed by atoms with van der Waals surface area (Å²) in [6, 6.07) is 14.5. The first kappa shape index (κ1) is 21.6. The molecule has 30 heavy (non-hydrogen) atoms. The number of nitrogens with one attached hydrogen (secondary N) is 2. The van der Waals surface area contributed by atoms with E-state index in [1.807, 2.05) is 24.3 Å². The van der Waals surface area contributed by atoms with Crippen molar-refractivity contribution in [2.75, 3.05) is 52.4 Å². The lowest BCUT2D eigenvalue weighted by molar-refractivity contribution is -0.136. The van der Waals surface area contributed by atoms with E-state index in [1.54, 1.807) is 31.4 Å². The van der Waals surface area contributed by atoms with E-state index in [0.29, 0.717) is 24.7 Å². The monoisotopic (exact) mass is 413 g/mol. The Morgan fingerprint density at radius 1 is 1.00 bits per heavy atom. The van der Waals surface area contributed by atoms with Gasteiger partial charge in [-0.05, 0) is 29.8 Å². The Labute approximate surface area is 176 Å². The lowest BCUT2D eigenvalue weighted by Crippen LogP contribution is -2.45. The van der Waals surface area contributed by atoms with Gasteiger partial charge < -0.3 is 24.8 Å². The van der Waals surface area contributed by atoms with Gasteiger partial charge in [0.15, 0.2) is 0 Å². The number of nitrogens with zero attached hydrogens (tertiary/aromatic N) is 1. The van der Waals surface area contributed by atoms with Gasteiger partial charge in [0.25, 0.3) is 0 Å². The molecule has 8 nitrogen and oxygen atoms in total. The maximum Gasteiger partial charge on any atom is 0.313 e. The molecule has 1 saturated heterocycles. The molecule has 3 rings (SSSR count). The molecule has 2 aromatic rings. The average molecular weight is 413 g/mol. The molecule has 8 heteroatoms. The number of hydrogen-bond acceptors (Lipinski definition) is 6. The maximum absolute atomic E-state index is 12.4. The maximum atomic E-state index is 12.4. The SMILES string of the molecule is COc1cccc(NC(=O)C(=O)NC[C@@H](c2cccc(OC)c2)N2CCOCC2)c1. The molecule has 160 valence electrons. The molecule has 0 bridgehead atoms. The summed E-state index contributed by atoms with van der Waals surface area (Å²) in [5.41, 5.74) is 1.50. The fourth-order valence-corrected chi connectivity index (χ4v) is 3.35. The predicted molar refractivity (Wildman–Crippen MR) is 113 cm³/mol. The van der Waals surface area contributed by atoms with E-state index in [4.69, 9.17) is 14.2 Å². The molecule has 0 radical (unpaired) electrons. The van der Waals surface area contributed by atoms with Gasteiger partial charge >= 0.3 is 11.8 Å². The Hall–Kier alpha value is -3.10. The zero-order valence-electron chi connectivity index (χ0n) is 17.2. The lowest BCUT2D eigenvalue weighted by Gasteiger charge is -2.35. The molecule has 0 aromatic heterocycles. The number of hydrogen-bond donors (Lipinski definition) is 2. The zero-order valence-corrected chi connectivity index (χ0v) is 17.2. The van der Waals surface area contributed by atoms with Crippen molar-refractivity contribution in [3.8, 4) is 11.5 Å². The van der Waals surface area contributed by atoms with E-state index in [0.717, 1.165) is 24.4 Å². The molecule has 0 spiro atoms. The first-order chi connectivity index (χ1) is 14.6. The van der Waals surface area contributed by atoms with Crippen molar-refractivity contribution in [2.24, 2.45) is 0 Å². The van der Waals surface area contributed by atoms with Gasteiger partial charge in [0.2, 0.25) is 0 Å². The molecule has 0 saturated carbocycles. The summed E-state index contributed by atoms with van der Waals surface area (Å²) in [5, 5.41) is 5.35. The second kappa shape index (κ2) is 10.6. The Morgan fingerprint density at radius 2 is 1.67 bits per heavy atom. The molecular weight excluding hydrogens is 386 g/mol. The van der Waals surface area contributed by atoms with Gasteiger partial charge in [0, 0.05) is 31.4 Å². The number of carbonyl (C=O) groups is 2. The van der Waals surface area contributed by atoms with E-state index in [1.165, 1.54) is 7.11 Å². The van der Waals surface area contributed by atoms with E-state index in [2.05, 4.69) is 15.5 Å². The highest BCUT2D eigenvalue weighted by atomic mass is 16.5. The van der Waals surface area contributed by atoms with Crippen molar-refractivity contribution < 1.29 is 23.8 Å². The number of ether oxygens (including phenoxy) is 3. The van der Waals surface area contributed by atoms with Gasteiger partial charge in [0.1, 0.15) is 11.5 Å². The van der Waals surface area contributed by atoms with Crippen LogP contribution in [0.4, 0.5) is 5.69 Å². The van der Waals surface area contributed by atoms with Crippen LogP contribution in [0.15, 0.2) is 48.5 Å². The first-order valence-electron chi connectivity index (χ1n) is 9.79. The number of morpholine rings is 1. The molecule has 0 aliphatic carbocycles. The molecule has 1 heterocycles. The highest BCUT2D eigenvalue weighted by Crippen LogP contribution is 2.25. The third kappa shape index (κ3) is 5.71. The molecule has 2 amide bonds. The normalized spacial score (nSPS) is 15.1. The van der Waals surface area contributed by atoms with Crippen molar-refractivity contribution in [2.45, 2.75) is 6.04 Å². The van der Waals surface area contributed by atoms with Crippen LogP contribution in [-0.2, 0) is 14.3 Å². The van der Waals surface area contributed by atoms with Crippen LogP contribution in [0.25, 0.3) is 0 Å². The fraction of sp³-hybridized carbons (Fsp3) is 0.364. The number of anilines is 1. The molecule has 2 aromatic carbocycles. The van der Waals surface area contributed by atoms with E-state index in [9.17, 15) is 9.59 Å². The number of carbonyl (C=O) groups excluding carboxylic acids is 2. The van der Waals surface area contributed by atoms with Crippen LogP contribution in [0.3, 0.4) is 0 Å². The van der Waals surface area contributed by atoms with Crippen molar-refractivity contribution >= 4 is 17.5 Å². The van der Waals surface area contributed by atoms with Crippen molar-refractivity contribution in [1.82, 2.24) is 10.2 Å². The van der Waals surface area contributed by atoms with Gasteiger partial charge in [-0.1, -0.05) is 18.2 Å². The van der Waals surface area contributed by atoms with Crippen molar-refractivity contribution in [3.63, 3.8) is 0 Å². The Kier molecular flexibility index (Phi) is 7.64. The number of rotatable bonds is 7. The summed E-state index contributed by atoms with van der Waals surface area (Å²) in [6.45, 7) is 3.04. The van der Waals surface area contributed by atoms with Crippen molar-refractivity contribution in [1.29, 1.82) is 0 Å². The predicted octanol–water partition coefficient (Wildman–Crippen LogP) is 1.83. The van der Waals surface area contributed by atoms with Crippen LogP contribution in [0.1, 0.15) is 11.6 Å². The molecule has 2 N–H and O–H groups in total. The lowest BCUT2D eigenvalue weighted by atomic mass is 10.0. The zero-order chi connectivity index (χ0) is 21.3. The average Bonchev–Trinajstić information content (AvgIpc) is 2.80. The van der Waals surface area contributed by atoms with Crippen LogP contribution in [0.5, 0.6) is 11.5 Å². The van der Waals surface area contributed by atoms with Crippen LogP contribution in [0.2, 0.25) is 0 Å². The standard InChI is InChI=1S/C22H27N3O5/c1-28-18-7-3-5-16(13-18)20(25-9-11-30-12-10-25)15-23-21(26)22(27)24-17-6-4-8-19(14-17)29-2/h3-8,13-14,20H,9-12,15H2,1-2H3,(H,23,26)(H,24,27)/t20-/m0/s1. The second-order valence-electron chi connectivity index (χ2n) is 6.84. The molecule has 1 aliphatic heterocycles. The Balaban J connectivity index is 1.66. The minimum atomic E-state index is -0.727. The highest BCUT2D eigenvalue weighted by Gasteiger charge is 2.25. The minimum absolute atomic E-state index is 0.0995. The highest BCUT2D eigenvalue weighted by molar-refractivity contribution is 6.39. The Morgan fingerprint density at radius 3 is 2.37 bits per heavy atom. The largest absolute Gasteiger partial charge is 0.497 e. The number of amides is 2. The van der Waals surface area contributed by atoms with Crippen LogP contribution in [0, 0.1) is 0 Å². The number of methoxy groups -OCH3 is 2. The summed E-state index contributed by atoms with van der Waals surface area (Å²) in [4.78, 5) is 27.0. The molecular formula is C22H27N3O5. The third-order valence-corrected chi connectivity index (χ3v) is 4.95. The summed E-state index contributed by atoms with van der Waals surface area (Å²) in [7, 11) is 3.16. The molecule has 1 fully saturated rings. The smallest absolute Gasteiger partial charge is 0.313 e. The van der Waals surface area contributed by atoms with Crippen molar-refractivity contribution in [3.05, 3.63) is 54.1 Å². The van der Waals surface area contributed by atoms with Gasteiger partial charge in [-0.3, -0.25) is 14.5 Å². The van der Waals surface area contributed by atoms with E-state index in [-0.39, 0.29) is 12.6 Å². The second-order valence-corrected chi connectivity index (χ2v) is 6.84. The van der Waals surface area contributed by atoms with Crippen LogP contribution >= 0.6 is 0 Å². The fourth-order valence-electron chi connectivity index (χ4n) is 3.35. The van der Waals surface area contributed by atoms with E-state index >= 15 is 0 Å². The summed E-state index contributed by atoms with van der Waals surface area (Å²) >= 11 is 0. The molecule has 1 aliphatic rings.